The zero-order valence-corrected chi connectivity index (χ0v) is 15.2. The number of hydrogen-bond donors (Lipinski definition) is 2. The summed E-state index contributed by atoms with van der Waals surface area (Å²) in [7, 11) is 0. The number of nitrogens with zero attached hydrogens (tertiary/aromatic N) is 1. The van der Waals surface area contributed by atoms with Gasteiger partial charge in [0.25, 0.3) is 0 Å². The van der Waals surface area contributed by atoms with Gasteiger partial charge >= 0.3 is 0 Å². The van der Waals surface area contributed by atoms with Crippen molar-refractivity contribution in [2.75, 3.05) is 39.3 Å². The van der Waals surface area contributed by atoms with Crippen molar-refractivity contribution in [3.63, 3.8) is 0 Å². The second-order valence-corrected chi connectivity index (χ2v) is 7.17. The highest BCUT2D eigenvalue weighted by molar-refractivity contribution is 6.31. The molecule has 0 aromatic heterocycles. The number of nitrogens with one attached hydrogen (secondary N) is 2. The normalized spacial score (nSPS) is 25.7. The quantitative estimate of drug-likeness (QED) is 0.833. The number of morpholine rings is 1. The molecule has 2 N–H and O–H groups in total. The molecular formula is C18H25ClFN3O2. The topological polar surface area (TPSA) is 53.6 Å². The van der Waals surface area contributed by atoms with Crippen molar-refractivity contribution in [3.05, 3.63) is 34.6 Å². The molecule has 0 unspecified atom stereocenters. The lowest BCUT2D eigenvalue weighted by Gasteiger charge is -2.38. The Morgan fingerprint density at radius 2 is 2.40 bits per heavy atom. The van der Waals surface area contributed by atoms with Crippen LogP contribution in [0.5, 0.6) is 0 Å². The van der Waals surface area contributed by atoms with E-state index in [1.54, 1.807) is 12.1 Å². The molecule has 7 heteroatoms. The number of ether oxygens (including phenoxy) is 1. The highest BCUT2D eigenvalue weighted by Crippen LogP contribution is 2.31. The number of carbonyl (C=O) groups excluding carboxylic acids is 1. The molecule has 3 atom stereocenters. The van der Waals surface area contributed by atoms with Crippen molar-refractivity contribution in [1.29, 1.82) is 0 Å². The molecule has 5 nitrogen and oxygen atoms in total. The number of halogens is 2. The summed E-state index contributed by atoms with van der Waals surface area (Å²) in [4.78, 5) is 14.5. The van der Waals surface area contributed by atoms with Gasteiger partial charge < -0.3 is 15.4 Å². The molecule has 2 fully saturated rings. The van der Waals surface area contributed by atoms with E-state index in [0.29, 0.717) is 43.4 Å². The van der Waals surface area contributed by atoms with E-state index in [0.717, 1.165) is 13.0 Å². The van der Waals surface area contributed by atoms with Gasteiger partial charge in [-0.15, -0.1) is 0 Å². The molecule has 2 heterocycles. The maximum Gasteiger partial charge on any atom is 0.224 e. The molecular weight excluding hydrogens is 345 g/mol. The van der Waals surface area contributed by atoms with Gasteiger partial charge in [0.1, 0.15) is 5.82 Å². The highest BCUT2D eigenvalue weighted by Gasteiger charge is 2.30. The SMILES string of the molecule is C[C@@H]1CN([C@H](CNC(=O)[C@H]2CCNC2)c2c(F)cccc2Cl)CCO1. The van der Waals surface area contributed by atoms with Gasteiger partial charge in [0, 0.05) is 36.8 Å². The third kappa shape index (κ3) is 4.50. The van der Waals surface area contributed by atoms with Crippen molar-refractivity contribution in [2.24, 2.45) is 5.92 Å². The molecule has 0 radical (unpaired) electrons. The van der Waals surface area contributed by atoms with Gasteiger partial charge in [0.05, 0.1) is 24.7 Å². The van der Waals surface area contributed by atoms with Crippen LogP contribution in [-0.4, -0.2) is 56.2 Å². The molecule has 0 bridgehead atoms. The van der Waals surface area contributed by atoms with Crippen LogP contribution in [0.25, 0.3) is 0 Å². The minimum Gasteiger partial charge on any atom is -0.376 e. The van der Waals surface area contributed by atoms with Gasteiger partial charge in [-0.25, -0.2) is 4.39 Å². The van der Waals surface area contributed by atoms with Crippen LogP contribution in [-0.2, 0) is 9.53 Å². The first kappa shape index (κ1) is 18.6. The lowest BCUT2D eigenvalue weighted by atomic mass is 10.0. The molecule has 2 saturated heterocycles. The van der Waals surface area contributed by atoms with Crippen molar-refractivity contribution >= 4 is 17.5 Å². The zero-order valence-electron chi connectivity index (χ0n) is 14.4. The van der Waals surface area contributed by atoms with Gasteiger partial charge in [-0.3, -0.25) is 9.69 Å². The van der Waals surface area contributed by atoms with Gasteiger partial charge in [-0.05, 0) is 32.0 Å². The van der Waals surface area contributed by atoms with Crippen molar-refractivity contribution < 1.29 is 13.9 Å². The van der Waals surface area contributed by atoms with Crippen LogP contribution in [0.1, 0.15) is 24.9 Å². The van der Waals surface area contributed by atoms with E-state index in [1.807, 2.05) is 6.92 Å². The van der Waals surface area contributed by atoms with Gasteiger partial charge in [0.2, 0.25) is 5.91 Å². The average Bonchev–Trinajstić information content (AvgIpc) is 3.12. The summed E-state index contributed by atoms with van der Waals surface area (Å²) >= 11 is 6.30. The lowest BCUT2D eigenvalue weighted by molar-refractivity contribution is -0.124. The summed E-state index contributed by atoms with van der Waals surface area (Å²) in [6.45, 7) is 5.84. The number of amides is 1. The van der Waals surface area contributed by atoms with Crippen molar-refractivity contribution in [3.8, 4) is 0 Å². The molecule has 0 saturated carbocycles. The second kappa shape index (κ2) is 8.45. The minimum absolute atomic E-state index is 0.0136. The fourth-order valence-corrected chi connectivity index (χ4v) is 3.88. The number of benzene rings is 1. The van der Waals surface area contributed by atoms with Crippen LogP contribution in [0.3, 0.4) is 0 Å². The molecule has 1 aromatic carbocycles. The van der Waals surface area contributed by atoms with E-state index in [-0.39, 0.29) is 29.8 Å². The number of rotatable bonds is 5. The molecule has 2 aliphatic rings. The first-order chi connectivity index (χ1) is 12.1. The van der Waals surface area contributed by atoms with E-state index in [4.69, 9.17) is 16.3 Å². The lowest BCUT2D eigenvalue weighted by Crippen LogP contribution is -2.47. The maximum atomic E-state index is 14.5. The standard InChI is InChI=1S/C18H25ClFN3O2/c1-12-11-23(7-8-25-12)16(17-14(19)3-2-4-15(17)20)10-22-18(24)13-5-6-21-9-13/h2-4,12-13,16,21H,5-11H2,1H3,(H,22,24)/t12-,13+,16-/m1/s1. The first-order valence-electron chi connectivity index (χ1n) is 8.84. The zero-order chi connectivity index (χ0) is 17.8. The number of carbonyl (C=O) groups is 1. The Morgan fingerprint density at radius 1 is 1.56 bits per heavy atom. The maximum absolute atomic E-state index is 14.5. The van der Waals surface area contributed by atoms with Crippen molar-refractivity contribution in [2.45, 2.75) is 25.5 Å². The van der Waals surface area contributed by atoms with Crippen LogP contribution in [0.2, 0.25) is 5.02 Å². The molecule has 0 spiro atoms. The monoisotopic (exact) mass is 369 g/mol. The van der Waals surface area contributed by atoms with E-state index >= 15 is 0 Å². The Balaban J connectivity index is 1.77. The summed E-state index contributed by atoms with van der Waals surface area (Å²) in [6, 6.07) is 4.40. The molecule has 25 heavy (non-hydrogen) atoms. The summed E-state index contributed by atoms with van der Waals surface area (Å²) in [6.07, 6.45) is 0.905. The van der Waals surface area contributed by atoms with E-state index in [2.05, 4.69) is 15.5 Å². The Labute approximate surface area is 152 Å². The van der Waals surface area contributed by atoms with Crippen molar-refractivity contribution in [1.82, 2.24) is 15.5 Å². The summed E-state index contributed by atoms with van der Waals surface area (Å²) in [5, 5.41) is 6.58. The van der Waals surface area contributed by atoms with Gasteiger partial charge in [-0.1, -0.05) is 17.7 Å². The van der Waals surface area contributed by atoms with E-state index in [1.165, 1.54) is 6.07 Å². The second-order valence-electron chi connectivity index (χ2n) is 6.76. The summed E-state index contributed by atoms with van der Waals surface area (Å²) < 4.78 is 20.1. The third-order valence-corrected chi connectivity index (χ3v) is 5.28. The summed E-state index contributed by atoms with van der Waals surface area (Å²) in [5.74, 6) is -0.336. The average molecular weight is 370 g/mol. The Kier molecular flexibility index (Phi) is 6.28. The smallest absolute Gasteiger partial charge is 0.224 e. The first-order valence-corrected chi connectivity index (χ1v) is 9.22. The molecule has 1 aromatic rings. The van der Waals surface area contributed by atoms with E-state index < -0.39 is 0 Å². The molecule has 1 amide bonds. The Hall–Kier alpha value is -1.21. The molecule has 2 aliphatic heterocycles. The minimum atomic E-state index is -0.339. The van der Waals surface area contributed by atoms with Crippen LogP contribution in [0.4, 0.5) is 4.39 Å². The molecule has 3 rings (SSSR count). The van der Waals surface area contributed by atoms with Crippen LogP contribution < -0.4 is 10.6 Å². The fourth-order valence-electron chi connectivity index (χ4n) is 3.59. The summed E-state index contributed by atoms with van der Waals surface area (Å²) in [5.41, 5.74) is 0.447. The predicted molar refractivity (Wildman–Crippen MR) is 95.1 cm³/mol. The van der Waals surface area contributed by atoms with E-state index in [9.17, 15) is 9.18 Å². The van der Waals surface area contributed by atoms with Crippen LogP contribution in [0.15, 0.2) is 18.2 Å². The Bertz CT molecular complexity index is 590. The largest absolute Gasteiger partial charge is 0.376 e. The molecule has 0 aliphatic carbocycles. The number of hydrogen-bond acceptors (Lipinski definition) is 4. The highest BCUT2D eigenvalue weighted by atomic mass is 35.5. The molecule has 138 valence electrons. The van der Waals surface area contributed by atoms with Crippen LogP contribution >= 0.6 is 11.6 Å². The third-order valence-electron chi connectivity index (χ3n) is 4.95. The van der Waals surface area contributed by atoms with Gasteiger partial charge in [-0.2, -0.15) is 0 Å². The Morgan fingerprint density at radius 3 is 3.08 bits per heavy atom. The van der Waals surface area contributed by atoms with Crippen LogP contribution in [0, 0.1) is 11.7 Å². The van der Waals surface area contributed by atoms with Gasteiger partial charge in [0.15, 0.2) is 0 Å². The predicted octanol–water partition coefficient (Wildman–Crippen LogP) is 1.97. The fraction of sp³-hybridized carbons (Fsp3) is 0.611.